The first kappa shape index (κ1) is 14.0. The maximum Gasteiger partial charge on any atom is 0.130 e. The van der Waals surface area contributed by atoms with Crippen LogP contribution in [0.2, 0.25) is 0 Å². The predicted octanol–water partition coefficient (Wildman–Crippen LogP) is 2.48. The molecule has 0 aromatic heterocycles. The van der Waals surface area contributed by atoms with Gasteiger partial charge in [0.2, 0.25) is 0 Å². The predicted molar refractivity (Wildman–Crippen MR) is 71.9 cm³/mol. The van der Waals surface area contributed by atoms with Crippen LogP contribution >= 0.6 is 0 Å². The number of Topliss-reactive ketones (excluding diaryl/α,β-unsaturated/α-hetero) is 1. The Kier molecular flexibility index (Phi) is 4.53. The van der Waals surface area contributed by atoms with Crippen LogP contribution in [0.5, 0.6) is 5.75 Å². The lowest BCUT2D eigenvalue weighted by Gasteiger charge is -2.35. The van der Waals surface area contributed by atoms with Crippen molar-refractivity contribution in [3.05, 3.63) is 29.6 Å². The van der Waals surface area contributed by atoms with E-state index in [2.05, 4.69) is 5.32 Å². The highest BCUT2D eigenvalue weighted by Crippen LogP contribution is 2.27. The zero-order valence-corrected chi connectivity index (χ0v) is 11.4. The molecule has 0 saturated heterocycles. The minimum Gasteiger partial charge on any atom is -0.490 e. The van der Waals surface area contributed by atoms with Gasteiger partial charge in [-0.1, -0.05) is 0 Å². The summed E-state index contributed by atoms with van der Waals surface area (Å²) >= 11 is 0. The van der Waals surface area contributed by atoms with Crippen molar-refractivity contribution in [1.82, 2.24) is 5.32 Å². The Morgan fingerprint density at radius 2 is 2.16 bits per heavy atom. The molecule has 1 fully saturated rings. The molecule has 104 valence electrons. The average molecular weight is 265 g/mol. The minimum absolute atomic E-state index is 0.114. The Morgan fingerprint density at radius 1 is 1.42 bits per heavy atom. The third kappa shape index (κ3) is 4.03. The SMILES string of the molecule is CN[C@H]1C[C@H](Oc2cc(F)cc(CCC(C)=O)c2)C1. The molecule has 1 aromatic rings. The van der Waals surface area contributed by atoms with Crippen molar-refractivity contribution in [3.63, 3.8) is 0 Å². The first-order chi connectivity index (χ1) is 9.06. The van der Waals surface area contributed by atoms with E-state index in [0.29, 0.717) is 24.6 Å². The van der Waals surface area contributed by atoms with Gasteiger partial charge < -0.3 is 14.8 Å². The maximum absolute atomic E-state index is 13.5. The monoisotopic (exact) mass is 265 g/mol. The second-order valence-corrected chi connectivity index (χ2v) is 5.19. The van der Waals surface area contributed by atoms with E-state index >= 15 is 0 Å². The van der Waals surface area contributed by atoms with Crippen molar-refractivity contribution in [2.24, 2.45) is 0 Å². The number of nitrogens with one attached hydrogen (secondary N) is 1. The second-order valence-electron chi connectivity index (χ2n) is 5.19. The number of carbonyl (C=O) groups is 1. The van der Waals surface area contributed by atoms with Crippen LogP contribution < -0.4 is 10.1 Å². The van der Waals surface area contributed by atoms with Crippen LogP contribution in [-0.4, -0.2) is 25.0 Å². The quantitative estimate of drug-likeness (QED) is 0.858. The lowest BCUT2D eigenvalue weighted by atomic mass is 9.89. The largest absolute Gasteiger partial charge is 0.490 e. The number of ether oxygens (including phenoxy) is 1. The minimum atomic E-state index is -0.305. The summed E-state index contributed by atoms with van der Waals surface area (Å²) in [6.07, 6.45) is 3.08. The molecule has 0 radical (unpaired) electrons. The van der Waals surface area contributed by atoms with Crippen molar-refractivity contribution >= 4 is 5.78 Å². The smallest absolute Gasteiger partial charge is 0.130 e. The zero-order valence-electron chi connectivity index (χ0n) is 11.4. The van der Waals surface area contributed by atoms with Crippen molar-refractivity contribution < 1.29 is 13.9 Å². The van der Waals surface area contributed by atoms with Crippen molar-refractivity contribution in [1.29, 1.82) is 0 Å². The van der Waals surface area contributed by atoms with Crippen molar-refractivity contribution in [2.45, 2.75) is 44.8 Å². The van der Waals surface area contributed by atoms with E-state index in [9.17, 15) is 9.18 Å². The van der Waals surface area contributed by atoms with Crippen LogP contribution in [0.1, 0.15) is 31.7 Å². The fourth-order valence-electron chi connectivity index (χ4n) is 2.24. The molecule has 0 unspecified atom stereocenters. The summed E-state index contributed by atoms with van der Waals surface area (Å²) in [4.78, 5) is 11.0. The van der Waals surface area contributed by atoms with E-state index in [1.807, 2.05) is 13.1 Å². The van der Waals surface area contributed by atoms with Gasteiger partial charge in [0.15, 0.2) is 0 Å². The van der Waals surface area contributed by atoms with Gasteiger partial charge in [0, 0.05) is 18.5 Å². The highest BCUT2D eigenvalue weighted by Gasteiger charge is 2.29. The topological polar surface area (TPSA) is 38.3 Å². The van der Waals surface area contributed by atoms with Gasteiger partial charge in [-0.2, -0.15) is 0 Å². The first-order valence-corrected chi connectivity index (χ1v) is 6.69. The number of aryl methyl sites for hydroxylation is 1. The standard InChI is InChI=1S/C15H20FNO2/c1-10(18)3-4-11-5-12(16)7-14(6-11)19-15-8-13(9-15)17-2/h5-7,13,15,17H,3-4,8-9H2,1-2H3/t13-,15-. The van der Waals surface area contributed by atoms with Gasteiger partial charge in [0.05, 0.1) is 0 Å². The molecule has 1 N–H and O–H groups in total. The van der Waals surface area contributed by atoms with Gasteiger partial charge in [-0.3, -0.25) is 0 Å². The lowest BCUT2D eigenvalue weighted by Crippen LogP contribution is -2.45. The molecule has 0 amide bonds. The molecule has 1 saturated carbocycles. The van der Waals surface area contributed by atoms with Crippen LogP contribution in [0, 0.1) is 5.82 Å². The number of hydrogen-bond acceptors (Lipinski definition) is 3. The van der Waals surface area contributed by atoms with Crippen LogP contribution in [0.25, 0.3) is 0 Å². The molecule has 0 atom stereocenters. The summed E-state index contributed by atoms with van der Waals surface area (Å²) in [7, 11) is 1.93. The van der Waals surface area contributed by atoms with Gasteiger partial charge in [-0.25, -0.2) is 4.39 Å². The molecule has 0 spiro atoms. The van der Waals surface area contributed by atoms with Gasteiger partial charge in [-0.05, 0) is 50.9 Å². The molecule has 19 heavy (non-hydrogen) atoms. The summed E-state index contributed by atoms with van der Waals surface area (Å²) < 4.78 is 19.2. The number of carbonyl (C=O) groups excluding carboxylic acids is 1. The van der Waals surface area contributed by atoms with E-state index in [-0.39, 0.29) is 17.7 Å². The van der Waals surface area contributed by atoms with Crippen LogP contribution in [0.3, 0.4) is 0 Å². The summed E-state index contributed by atoms with van der Waals surface area (Å²) in [5.74, 6) is 0.376. The molecule has 1 aliphatic carbocycles. The molecular formula is C15H20FNO2. The van der Waals surface area contributed by atoms with Gasteiger partial charge >= 0.3 is 0 Å². The van der Waals surface area contributed by atoms with Gasteiger partial charge in [0.25, 0.3) is 0 Å². The van der Waals surface area contributed by atoms with Gasteiger partial charge in [0.1, 0.15) is 23.5 Å². The average Bonchev–Trinajstić information content (AvgIpc) is 2.30. The fourth-order valence-corrected chi connectivity index (χ4v) is 2.24. The number of hydrogen-bond donors (Lipinski definition) is 1. The molecule has 1 aliphatic rings. The molecular weight excluding hydrogens is 245 g/mol. The Labute approximate surface area is 113 Å². The lowest BCUT2D eigenvalue weighted by molar-refractivity contribution is -0.116. The van der Waals surface area contributed by atoms with E-state index in [1.54, 1.807) is 6.92 Å². The number of rotatable bonds is 6. The Morgan fingerprint density at radius 3 is 2.79 bits per heavy atom. The van der Waals surface area contributed by atoms with Crippen molar-refractivity contribution in [2.75, 3.05) is 7.05 Å². The Bertz CT molecular complexity index is 455. The molecule has 3 nitrogen and oxygen atoms in total. The van der Waals surface area contributed by atoms with Crippen LogP contribution in [0.15, 0.2) is 18.2 Å². The fraction of sp³-hybridized carbons (Fsp3) is 0.533. The summed E-state index contributed by atoms with van der Waals surface area (Å²) in [6.45, 7) is 1.54. The number of benzene rings is 1. The third-order valence-corrected chi connectivity index (χ3v) is 3.50. The molecule has 2 rings (SSSR count). The summed E-state index contributed by atoms with van der Waals surface area (Å²) in [6, 6.07) is 5.21. The third-order valence-electron chi connectivity index (χ3n) is 3.50. The summed E-state index contributed by atoms with van der Waals surface area (Å²) in [5, 5.41) is 3.18. The Hall–Kier alpha value is -1.42. The molecule has 0 aliphatic heterocycles. The second kappa shape index (κ2) is 6.15. The van der Waals surface area contributed by atoms with E-state index in [1.165, 1.54) is 12.1 Å². The number of halogens is 1. The van der Waals surface area contributed by atoms with E-state index in [0.717, 1.165) is 18.4 Å². The summed E-state index contributed by atoms with van der Waals surface area (Å²) in [5.41, 5.74) is 0.815. The van der Waals surface area contributed by atoms with E-state index < -0.39 is 0 Å². The first-order valence-electron chi connectivity index (χ1n) is 6.69. The molecule has 4 heteroatoms. The maximum atomic E-state index is 13.5. The highest BCUT2D eigenvalue weighted by molar-refractivity contribution is 5.75. The van der Waals surface area contributed by atoms with Crippen molar-refractivity contribution in [3.8, 4) is 5.75 Å². The molecule has 0 heterocycles. The zero-order chi connectivity index (χ0) is 13.8. The molecule has 0 bridgehead atoms. The normalized spacial score (nSPS) is 21.8. The molecule has 1 aromatic carbocycles. The van der Waals surface area contributed by atoms with Gasteiger partial charge in [-0.15, -0.1) is 0 Å². The van der Waals surface area contributed by atoms with Crippen LogP contribution in [0.4, 0.5) is 4.39 Å². The number of ketones is 1. The van der Waals surface area contributed by atoms with Crippen LogP contribution in [-0.2, 0) is 11.2 Å². The Balaban J connectivity index is 1.95. The highest BCUT2D eigenvalue weighted by atomic mass is 19.1. The van der Waals surface area contributed by atoms with E-state index in [4.69, 9.17) is 4.74 Å².